The van der Waals surface area contributed by atoms with E-state index in [-0.39, 0.29) is 11.8 Å². The van der Waals surface area contributed by atoms with Crippen molar-refractivity contribution in [3.63, 3.8) is 0 Å². The molecule has 88 valence electrons. The van der Waals surface area contributed by atoms with Crippen LogP contribution >= 0.6 is 0 Å². The highest BCUT2D eigenvalue weighted by Crippen LogP contribution is 2.25. The zero-order chi connectivity index (χ0) is 11.3. The van der Waals surface area contributed by atoms with Crippen LogP contribution in [0.15, 0.2) is 0 Å². The molecule has 5 nitrogen and oxygen atoms in total. The van der Waals surface area contributed by atoms with Crippen molar-refractivity contribution in [2.24, 2.45) is 11.7 Å². The van der Waals surface area contributed by atoms with E-state index in [0.29, 0.717) is 26.4 Å². The fraction of sp³-hybridized carbons (Fsp3) is 0.900. The van der Waals surface area contributed by atoms with E-state index in [4.69, 9.17) is 15.2 Å². The van der Waals surface area contributed by atoms with Gasteiger partial charge in [0.15, 0.2) is 0 Å². The van der Waals surface area contributed by atoms with Gasteiger partial charge < -0.3 is 20.5 Å². The van der Waals surface area contributed by atoms with Gasteiger partial charge in [0.1, 0.15) is 0 Å². The van der Waals surface area contributed by atoms with E-state index in [9.17, 15) is 4.79 Å². The van der Waals surface area contributed by atoms with E-state index in [1.54, 1.807) is 7.11 Å². The Kier molecular flexibility index (Phi) is 4.50. The minimum Gasteiger partial charge on any atom is -0.383 e. The molecule has 1 aliphatic heterocycles. The SMILES string of the molecule is COCCNC(C)(C(N)=O)C1CCOC1. The molecule has 0 spiro atoms. The highest BCUT2D eigenvalue weighted by molar-refractivity contribution is 5.84. The molecule has 0 aromatic carbocycles. The quantitative estimate of drug-likeness (QED) is 0.587. The second-order valence-electron chi connectivity index (χ2n) is 4.05. The van der Waals surface area contributed by atoms with Gasteiger partial charge >= 0.3 is 0 Å². The van der Waals surface area contributed by atoms with Crippen LogP contribution in [-0.4, -0.2) is 44.9 Å². The van der Waals surface area contributed by atoms with Gasteiger partial charge in [-0.15, -0.1) is 0 Å². The normalized spacial score (nSPS) is 25.1. The Labute approximate surface area is 90.3 Å². The number of nitrogens with two attached hydrogens (primary N) is 1. The van der Waals surface area contributed by atoms with Crippen molar-refractivity contribution in [3.8, 4) is 0 Å². The summed E-state index contributed by atoms with van der Waals surface area (Å²) in [6.07, 6.45) is 0.874. The first-order chi connectivity index (χ1) is 7.11. The number of carbonyl (C=O) groups excluding carboxylic acids is 1. The lowest BCUT2D eigenvalue weighted by Crippen LogP contribution is -2.59. The smallest absolute Gasteiger partial charge is 0.237 e. The summed E-state index contributed by atoms with van der Waals surface area (Å²) >= 11 is 0. The van der Waals surface area contributed by atoms with Crippen LogP contribution in [0.4, 0.5) is 0 Å². The Balaban J connectivity index is 2.56. The molecule has 0 saturated carbocycles. The Morgan fingerprint density at radius 2 is 2.47 bits per heavy atom. The van der Waals surface area contributed by atoms with E-state index in [1.165, 1.54) is 0 Å². The molecule has 2 atom stereocenters. The highest BCUT2D eigenvalue weighted by atomic mass is 16.5. The molecular weight excluding hydrogens is 196 g/mol. The van der Waals surface area contributed by atoms with Gasteiger partial charge in [0.2, 0.25) is 5.91 Å². The summed E-state index contributed by atoms with van der Waals surface area (Å²) in [6, 6.07) is 0. The van der Waals surface area contributed by atoms with E-state index in [2.05, 4.69) is 5.32 Å². The molecule has 1 rings (SSSR count). The first-order valence-electron chi connectivity index (χ1n) is 5.23. The van der Waals surface area contributed by atoms with Crippen LogP contribution < -0.4 is 11.1 Å². The number of hydrogen-bond acceptors (Lipinski definition) is 4. The number of rotatable bonds is 6. The zero-order valence-electron chi connectivity index (χ0n) is 9.41. The van der Waals surface area contributed by atoms with Gasteiger partial charge in [0, 0.05) is 26.2 Å². The van der Waals surface area contributed by atoms with E-state index < -0.39 is 5.54 Å². The van der Waals surface area contributed by atoms with E-state index in [1.807, 2.05) is 6.92 Å². The molecule has 0 bridgehead atoms. The summed E-state index contributed by atoms with van der Waals surface area (Å²) < 4.78 is 10.2. The fourth-order valence-electron chi connectivity index (χ4n) is 1.84. The number of primary amides is 1. The maximum absolute atomic E-state index is 11.5. The molecule has 5 heteroatoms. The zero-order valence-corrected chi connectivity index (χ0v) is 9.41. The summed E-state index contributed by atoms with van der Waals surface area (Å²) in [5, 5.41) is 3.16. The van der Waals surface area contributed by atoms with Crippen molar-refractivity contribution in [2.45, 2.75) is 18.9 Å². The minimum atomic E-state index is -0.685. The van der Waals surface area contributed by atoms with E-state index >= 15 is 0 Å². The second kappa shape index (κ2) is 5.44. The third-order valence-electron chi connectivity index (χ3n) is 3.06. The van der Waals surface area contributed by atoms with Crippen LogP contribution in [0.5, 0.6) is 0 Å². The molecule has 0 aliphatic carbocycles. The van der Waals surface area contributed by atoms with Crippen LogP contribution in [-0.2, 0) is 14.3 Å². The Morgan fingerprint density at radius 3 is 2.93 bits per heavy atom. The van der Waals surface area contributed by atoms with Crippen molar-refractivity contribution in [1.82, 2.24) is 5.32 Å². The Morgan fingerprint density at radius 1 is 1.73 bits per heavy atom. The number of ether oxygens (including phenoxy) is 2. The lowest BCUT2D eigenvalue weighted by molar-refractivity contribution is -0.126. The molecule has 0 radical (unpaired) electrons. The van der Waals surface area contributed by atoms with Crippen LogP contribution in [0.3, 0.4) is 0 Å². The summed E-state index contributed by atoms with van der Waals surface area (Å²) in [7, 11) is 1.63. The standard InChI is InChI=1S/C10H20N2O3/c1-10(9(11)13,12-4-6-14-2)8-3-5-15-7-8/h8,12H,3-7H2,1-2H3,(H2,11,13). The van der Waals surface area contributed by atoms with Crippen molar-refractivity contribution in [1.29, 1.82) is 0 Å². The third kappa shape index (κ3) is 2.90. The van der Waals surface area contributed by atoms with E-state index in [0.717, 1.165) is 6.42 Å². The van der Waals surface area contributed by atoms with Crippen LogP contribution in [0.2, 0.25) is 0 Å². The summed E-state index contributed by atoms with van der Waals surface area (Å²) in [6.45, 7) is 4.33. The lowest BCUT2D eigenvalue weighted by atomic mass is 9.84. The topological polar surface area (TPSA) is 73.6 Å². The molecule has 1 fully saturated rings. The first-order valence-corrected chi connectivity index (χ1v) is 5.23. The number of nitrogens with one attached hydrogen (secondary N) is 1. The highest BCUT2D eigenvalue weighted by Gasteiger charge is 2.41. The van der Waals surface area contributed by atoms with Crippen LogP contribution in [0.25, 0.3) is 0 Å². The van der Waals surface area contributed by atoms with Gasteiger partial charge in [0.25, 0.3) is 0 Å². The Hall–Kier alpha value is -0.650. The third-order valence-corrected chi connectivity index (χ3v) is 3.06. The van der Waals surface area contributed by atoms with Gasteiger partial charge in [-0.1, -0.05) is 0 Å². The molecule has 1 heterocycles. The molecule has 0 aromatic heterocycles. The predicted molar refractivity (Wildman–Crippen MR) is 56.4 cm³/mol. The summed E-state index contributed by atoms with van der Waals surface area (Å²) in [5.74, 6) is -0.166. The number of hydrogen-bond donors (Lipinski definition) is 2. The van der Waals surface area contributed by atoms with Gasteiger partial charge in [0.05, 0.1) is 18.8 Å². The van der Waals surface area contributed by atoms with Crippen LogP contribution in [0, 0.1) is 5.92 Å². The lowest BCUT2D eigenvalue weighted by Gasteiger charge is -2.32. The number of amides is 1. The fourth-order valence-corrected chi connectivity index (χ4v) is 1.84. The van der Waals surface area contributed by atoms with Gasteiger partial charge in [-0.2, -0.15) is 0 Å². The monoisotopic (exact) mass is 216 g/mol. The molecule has 15 heavy (non-hydrogen) atoms. The second-order valence-corrected chi connectivity index (χ2v) is 4.05. The van der Waals surface area contributed by atoms with Gasteiger partial charge in [-0.25, -0.2) is 0 Å². The van der Waals surface area contributed by atoms with Crippen LogP contribution in [0.1, 0.15) is 13.3 Å². The molecule has 1 amide bonds. The molecule has 2 unspecified atom stereocenters. The molecule has 3 N–H and O–H groups in total. The first kappa shape index (κ1) is 12.4. The van der Waals surface area contributed by atoms with Crippen molar-refractivity contribution < 1.29 is 14.3 Å². The summed E-state index contributed by atoms with van der Waals surface area (Å²) in [4.78, 5) is 11.5. The minimum absolute atomic E-state index is 0.159. The molecule has 1 saturated heterocycles. The van der Waals surface area contributed by atoms with Gasteiger partial charge in [-0.3, -0.25) is 4.79 Å². The average Bonchev–Trinajstić information content (AvgIpc) is 2.70. The Bertz CT molecular complexity index is 217. The average molecular weight is 216 g/mol. The van der Waals surface area contributed by atoms with Crippen molar-refractivity contribution >= 4 is 5.91 Å². The maximum Gasteiger partial charge on any atom is 0.237 e. The predicted octanol–water partition coefficient (Wildman–Crippen LogP) is -0.497. The van der Waals surface area contributed by atoms with Crippen molar-refractivity contribution in [3.05, 3.63) is 0 Å². The maximum atomic E-state index is 11.5. The number of carbonyl (C=O) groups is 1. The summed E-state index contributed by atoms with van der Waals surface area (Å²) in [5.41, 5.74) is 4.75. The largest absolute Gasteiger partial charge is 0.383 e. The number of methoxy groups -OCH3 is 1. The molecular formula is C10H20N2O3. The molecule has 0 aromatic rings. The van der Waals surface area contributed by atoms with Gasteiger partial charge in [-0.05, 0) is 13.3 Å². The molecule has 1 aliphatic rings. The van der Waals surface area contributed by atoms with Crippen molar-refractivity contribution in [2.75, 3.05) is 33.5 Å².